The van der Waals surface area contributed by atoms with Crippen LogP contribution in [0.2, 0.25) is 0 Å². The summed E-state index contributed by atoms with van der Waals surface area (Å²) in [5, 5.41) is 17.1. The predicted molar refractivity (Wildman–Crippen MR) is 174 cm³/mol. The number of carbonyl (C=O) groups is 3. The maximum absolute atomic E-state index is 14.7. The maximum Gasteiger partial charge on any atom is 0.244 e. The Morgan fingerprint density at radius 1 is 1.05 bits per heavy atom. The number of thioether (sulfide) groups is 1. The van der Waals surface area contributed by atoms with Gasteiger partial charge in [0.05, 0.1) is 35.8 Å². The van der Waals surface area contributed by atoms with E-state index in [0.29, 0.717) is 30.9 Å². The number of anilines is 1. The van der Waals surface area contributed by atoms with Gasteiger partial charge < -0.3 is 25.4 Å². The fourth-order valence-corrected chi connectivity index (χ4v) is 10.6. The van der Waals surface area contributed by atoms with Gasteiger partial charge in [0.2, 0.25) is 17.7 Å². The van der Waals surface area contributed by atoms with Gasteiger partial charge in [-0.25, -0.2) is 0 Å². The first kappa shape index (κ1) is 32.4. The fourth-order valence-electron chi connectivity index (χ4n) is 8.22. The number of aliphatic hydroxyl groups is 1. The van der Waals surface area contributed by atoms with Crippen LogP contribution in [0, 0.1) is 17.3 Å². The highest BCUT2D eigenvalue weighted by atomic mass is 32.2. The van der Waals surface area contributed by atoms with Crippen LogP contribution in [0.4, 0.5) is 5.69 Å². The monoisotopic (exact) mass is 621 g/mol. The lowest BCUT2D eigenvalue weighted by Gasteiger charge is -2.40. The number of benzene rings is 2. The van der Waals surface area contributed by atoms with Crippen molar-refractivity contribution in [2.75, 3.05) is 18.5 Å². The van der Waals surface area contributed by atoms with E-state index in [9.17, 15) is 19.5 Å². The largest absolute Gasteiger partial charge is 0.494 e. The number of nitrogens with one attached hydrogen (secondary N) is 2. The van der Waals surface area contributed by atoms with Gasteiger partial charge in [-0.15, -0.1) is 11.8 Å². The molecule has 9 heteroatoms. The van der Waals surface area contributed by atoms with Crippen molar-refractivity contribution in [3.63, 3.8) is 0 Å². The van der Waals surface area contributed by atoms with E-state index in [-0.39, 0.29) is 29.7 Å². The second-order valence-corrected chi connectivity index (χ2v) is 16.5. The average Bonchev–Trinajstić information content (AvgIpc) is 3.50. The van der Waals surface area contributed by atoms with Crippen molar-refractivity contribution in [2.24, 2.45) is 17.3 Å². The lowest BCUT2D eigenvalue weighted by molar-refractivity contribution is -0.143. The number of ether oxygens (including phenoxy) is 1. The molecule has 0 saturated carbocycles. The third kappa shape index (κ3) is 5.85. The zero-order valence-corrected chi connectivity index (χ0v) is 27.8. The summed E-state index contributed by atoms with van der Waals surface area (Å²) < 4.78 is 4.24. The van der Waals surface area contributed by atoms with Crippen molar-refractivity contribution in [1.29, 1.82) is 0 Å². The van der Waals surface area contributed by atoms with Gasteiger partial charge in [0, 0.05) is 16.0 Å². The molecule has 3 heterocycles. The molecule has 8 nitrogen and oxygen atoms in total. The molecule has 3 saturated heterocycles. The highest BCUT2D eigenvalue weighted by Gasteiger charge is 2.77. The number of fused-ring (bicyclic) bond motifs is 1. The van der Waals surface area contributed by atoms with Crippen molar-refractivity contribution >= 4 is 35.2 Å². The fraction of sp³-hybridized carbons (Fsp3) is 0.571. The molecule has 3 N–H and O–H groups in total. The van der Waals surface area contributed by atoms with E-state index < -0.39 is 39.0 Å². The molecule has 2 aromatic rings. The smallest absolute Gasteiger partial charge is 0.244 e. The molecule has 238 valence electrons. The van der Waals surface area contributed by atoms with Crippen LogP contribution in [0.25, 0.3) is 0 Å². The van der Waals surface area contributed by atoms with Crippen molar-refractivity contribution in [1.82, 2.24) is 10.2 Å². The molecule has 44 heavy (non-hydrogen) atoms. The molecule has 2 aromatic carbocycles. The summed E-state index contributed by atoms with van der Waals surface area (Å²) in [5.74, 6) is -1.32. The molecule has 3 fully saturated rings. The summed E-state index contributed by atoms with van der Waals surface area (Å²) in [5.41, 5.74) is 0.823. The van der Waals surface area contributed by atoms with E-state index in [4.69, 9.17) is 4.74 Å². The summed E-state index contributed by atoms with van der Waals surface area (Å²) in [4.78, 5) is 44.9. The van der Waals surface area contributed by atoms with Gasteiger partial charge in [0.15, 0.2) is 0 Å². The van der Waals surface area contributed by atoms with Crippen LogP contribution in [-0.2, 0) is 14.4 Å². The molecule has 3 aliphatic heterocycles. The number of likely N-dealkylation sites (tertiary alicyclic amines) is 1. The first-order valence-corrected chi connectivity index (χ1v) is 16.5. The van der Waals surface area contributed by atoms with E-state index >= 15 is 0 Å². The summed E-state index contributed by atoms with van der Waals surface area (Å²) >= 11 is 1.63. The normalized spacial score (nSPS) is 28.5. The average molecular weight is 622 g/mol. The number of carbonyl (C=O) groups excluding carboxylic acids is 3. The van der Waals surface area contributed by atoms with Crippen LogP contribution < -0.4 is 15.4 Å². The van der Waals surface area contributed by atoms with Crippen LogP contribution >= 0.6 is 11.8 Å². The predicted octanol–water partition coefficient (Wildman–Crippen LogP) is 5.57. The second kappa shape index (κ2) is 11.7. The number of hydrogen-bond donors (Lipinski definition) is 3. The molecule has 1 spiro atoms. The summed E-state index contributed by atoms with van der Waals surface area (Å²) in [7, 11) is 0. The third-order valence-corrected chi connectivity index (χ3v) is 11.3. The van der Waals surface area contributed by atoms with Crippen LogP contribution in [0.5, 0.6) is 5.75 Å². The highest BCUT2D eigenvalue weighted by Crippen LogP contribution is 2.72. The molecule has 6 atom stereocenters. The Hall–Kier alpha value is -3.04. The topological polar surface area (TPSA) is 108 Å². The SMILES string of the molecule is CCOc1ccc(NC(=O)[C@@H]2[C@H]3C(=O)N([C@H](CO)c4ccccc4)C(C(=O)NC(C)(C)CC(C)(C)C)C34CC[C@@]2(C)S4)cc1. The van der Waals surface area contributed by atoms with Crippen LogP contribution in [0.15, 0.2) is 54.6 Å². The summed E-state index contributed by atoms with van der Waals surface area (Å²) in [6.07, 6.45) is 2.09. The first-order valence-electron chi connectivity index (χ1n) is 15.7. The van der Waals surface area contributed by atoms with E-state index in [1.165, 1.54) is 0 Å². The summed E-state index contributed by atoms with van der Waals surface area (Å²) in [6, 6.07) is 15.0. The third-order valence-electron chi connectivity index (χ3n) is 9.31. The van der Waals surface area contributed by atoms with Gasteiger partial charge >= 0.3 is 0 Å². The molecule has 3 amide bonds. The molecule has 2 bridgehead atoms. The second-order valence-electron chi connectivity index (χ2n) is 14.6. The minimum atomic E-state index is -0.841. The molecular weight excluding hydrogens is 574 g/mol. The minimum absolute atomic E-state index is 0.0292. The van der Waals surface area contributed by atoms with Crippen molar-refractivity contribution in [3.05, 3.63) is 60.2 Å². The van der Waals surface area contributed by atoms with E-state index in [2.05, 4.69) is 38.3 Å². The van der Waals surface area contributed by atoms with Gasteiger partial charge in [-0.1, -0.05) is 51.1 Å². The number of nitrogens with zero attached hydrogens (tertiary/aromatic N) is 1. The molecule has 2 unspecified atom stereocenters. The quantitative estimate of drug-likeness (QED) is 0.320. The zero-order valence-electron chi connectivity index (χ0n) is 27.0. The van der Waals surface area contributed by atoms with E-state index in [1.807, 2.05) is 63.2 Å². The minimum Gasteiger partial charge on any atom is -0.494 e. The Balaban J connectivity index is 1.53. The van der Waals surface area contributed by atoms with Crippen LogP contribution in [-0.4, -0.2) is 62.0 Å². The van der Waals surface area contributed by atoms with Gasteiger partial charge in [-0.05, 0) is 82.2 Å². The molecule has 5 rings (SSSR count). The van der Waals surface area contributed by atoms with Crippen molar-refractivity contribution in [3.8, 4) is 5.75 Å². The Labute approximate surface area is 265 Å². The highest BCUT2D eigenvalue weighted by molar-refractivity contribution is 8.02. The Kier molecular flexibility index (Phi) is 8.61. The molecule has 3 aliphatic rings. The zero-order chi connectivity index (χ0) is 32.1. The molecule has 0 aliphatic carbocycles. The van der Waals surface area contributed by atoms with Crippen LogP contribution in [0.3, 0.4) is 0 Å². The molecule has 0 radical (unpaired) electrons. The Morgan fingerprint density at radius 3 is 2.30 bits per heavy atom. The van der Waals surface area contributed by atoms with E-state index in [1.54, 1.807) is 28.8 Å². The number of amides is 3. The van der Waals surface area contributed by atoms with Crippen molar-refractivity contribution < 1.29 is 24.2 Å². The number of aliphatic hydroxyl groups excluding tert-OH is 1. The maximum atomic E-state index is 14.7. The Morgan fingerprint density at radius 2 is 1.70 bits per heavy atom. The van der Waals surface area contributed by atoms with Gasteiger partial charge in [0.1, 0.15) is 11.8 Å². The van der Waals surface area contributed by atoms with Gasteiger partial charge in [-0.3, -0.25) is 14.4 Å². The molecule has 0 aromatic heterocycles. The van der Waals surface area contributed by atoms with E-state index in [0.717, 1.165) is 12.0 Å². The lowest BCUT2D eigenvalue weighted by Crippen LogP contribution is -2.58. The van der Waals surface area contributed by atoms with Crippen molar-refractivity contribution in [2.45, 2.75) is 94.8 Å². The number of hydrogen-bond acceptors (Lipinski definition) is 6. The van der Waals surface area contributed by atoms with Gasteiger partial charge in [0.25, 0.3) is 0 Å². The Bertz CT molecular complexity index is 1390. The van der Waals surface area contributed by atoms with Gasteiger partial charge in [-0.2, -0.15) is 0 Å². The standard InChI is InChI=1S/C35H47N3O5S/c1-8-43-24-16-14-23(15-17-24)36-29(40)26-27-31(42)38(25(20-39)22-12-10-9-11-13-22)28(35(27)19-18-34(26,7)44-35)30(41)37-33(5,6)21-32(2,3)4/h9-17,25-28,39H,8,18-21H2,1-7H3,(H,36,40)(H,37,41)/t25-,26+,27+,28?,34-,35?/m1/s1. The lowest BCUT2D eigenvalue weighted by atomic mass is 9.66. The summed E-state index contributed by atoms with van der Waals surface area (Å²) in [6.45, 7) is 14.6. The molecular formula is C35H47N3O5S. The first-order chi connectivity index (χ1) is 20.6. The number of rotatable bonds is 10. The van der Waals surface area contributed by atoms with Crippen LogP contribution in [0.1, 0.15) is 79.3 Å².